The summed E-state index contributed by atoms with van der Waals surface area (Å²) in [5.41, 5.74) is 2.72. The van der Waals surface area contributed by atoms with Gasteiger partial charge in [-0.25, -0.2) is 4.79 Å². The second kappa shape index (κ2) is 7.29. The number of carbonyl (C=O) groups is 1. The number of hydrogen-bond acceptors (Lipinski definition) is 1. The van der Waals surface area contributed by atoms with E-state index in [0.717, 1.165) is 21.3 Å². The highest BCUT2D eigenvalue weighted by molar-refractivity contribution is 9.10. The largest absolute Gasteiger partial charge is 0.323 e. The van der Waals surface area contributed by atoms with Gasteiger partial charge in [0.2, 0.25) is 0 Å². The number of aryl methyl sites for hydroxylation is 1. The first kappa shape index (κ1) is 15.6. The van der Waals surface area contributed by atoms with E-state index >= 15 is 0 Å². The highest BCUT2D eigenvalue weighted by atomic mass is 79.9. The zero-order valence-electron chi connectivity index (χ0n) is 11.4. The Balaban J connectivity index is 1.91. The number of halogens is 2. The molecule has 0 aliphatic carbocycles. The van der Waals surface area contributed by atoms with Crippen molar-refractivity contribution in [2.24, 2.45) is 0 Å². The SMILES string of the molecule is Cc1cc(Br)ccc1NC(=O)N/C=C/c1ccc(Cl)cc1. The van der Waals surface area contributed by atoms with Gasteiger partial charge in [0.05, 0.1) is 0 Å². The lowest BCUT2D eigenvalue weighted by molar-refractivity contribution is 0.255. The van der Waals surface area contributed by atoms with Crippen LogP contribution in [0.15, 0.2) is 53.1 Å². The fourth-order valence-electron chi connectivity index (χ4n) is 1.71. The van der Waals surface area contributed by atoms with Crippen molar-refractivity contribution in [3.8, 4) is 0 Å². The number of urea groups is 1. The zero-order chi connectivity index (χ0) is 15.2. The molecule has 5 heteroatoms. The van der Waals surface area contributed by atoms with Crippen molar-refractivity contribution < 1.29 is 4.79 Å². The molecule has 3 nitrogen and oxygen atoms in total. The van der Waals surface area contributed by atoms with Crippen molar-refractivity contribution >= 4 is 45.3 Å². The third-order valence-corrected chi connectivity index (χ3v) is 3.54. The third kappa shape index (κ3) is 4.92. The van der Waals surface area contributed by atoms with Crippen LogP contribution < -0.4 is 10.6 Å². The summed E-state index contributed by atoms with van der Waals surface area (Å²) in [6.45, 7) is 1.93. The molecular weight excluding hydrogens is 352 g/mol. The Morgan fingerprint density at radius 3 is 2.57 bits per heavy atom. The second-order valence-corrected chi connectivity index (χ2v) is 5.79. The van der Waals surface area contributed by atoms with Crippen LogP contribution in [0.25, 0.3) is 6.08 Å². The summed E-state index contributed by atoms with van der Waals surface area (Å²) in [5.74, 6) is 0. The molecule has 0 saturated heterocycles. The van der Waals surface area contributed by atoms with E-state index in [1.165, 1.54) is 0 Å². The first-order valence-corrected chi connectivity index (χ1v) is 7.47. The molecular formula is C16H14BrClN2O. The van der Waals surface area contributed by atoms with E-state index in [4.69, 9.17) is 11.6 Å². The predicted octanol–water partition coefficient (Wildman–Crippen LogP) is 5.20. The molecule has 0 radical (unpaired) electrons. The van der Waals surface area contributed by atoms with E-state index in [-0.39, 0.29) is 6.03 Å². The molecule has 0 fully saturated rings. The summed E-state index contributed by atoms with van der Waals surface area (Å²) in [5, 5.41) is 6.13. The standard InChI is InChI=1S/C16H14BrClN2O/c1-11-10-13(17)4-7-15(11)20-16(21)19-9-8-12-2-5-14(18)6-3-12/h2-10H,1H3,(H2,19,20,21)/b9-8+. The molecule has 2 rings (SSSR count). The maximum absolute atomic E-state index is 11.8. The average molecular weight is 366 g/mol. The van der Waals surface area contributed by atoms with Crippen LogP contribution in [0.5, 0.6) is 0 Å². The Morgan fingerprint density at radius 2 is 1.90 bits per heavy atom. The summed E-state index contributed by atoms with van der Waals surface area (Å²) in [6.07, 6.45) is 3.39. The van der Waals surface area contributed by atoms with Gasteiger partial charge in [0.1, 0.15) is 0 Å². The van der Waals surface area contributed by atoms with Gasteiger partial charge in [-0.05, 0) is 54.5 Å². The molecule has 0 spiro atoms. The predicted molar refractivity (Wildman–Crippen MR) is 91.5 cm³/mol. The number of rotatable bonds is 3. The van der Waals surface area contributed by atoms with Gasteiger partial charge < -0.3 is 10.6 Å². The minimum absolute atomic E-state index is 0.286. The van der Waals surface area contributed by atoms with Crippen molar-refractivity contribution in [3.05, 3.63) is 69.3 Å². The lowest BCUT2D eigenvalue weighted by Crippen LogP contribution is -2.24. The first-order valence-electron chi connectivity index (χ1n) is 6.30. The van der Waals surface area contributed by atoms with Crippen LogP contribution in [0, 0.1) is 6.92 Å². The van der Waals surface area contributed by atoms with Gasteiger partial charge in [-0.1, -0.05) is 39.7 Å². The molecule has 0 aliphatic heterocycles. The van der Waals surface area contributed by atoms with Gasteiger partial charge in [-0.3, -0.25) is 0 Å². The highest BCUT2D eigenvalue weighted by Crippen LogP contribution is 2.19. The van der Waals surface area contributed by atoms with Gasteiger partial charge in [-0.15, -0.1) is 0 Å². The lowest BCUT2D eigenvalue weighted by Gasteiger charge is -2.08. The number of benzene rings is 2. The van der Waals surface area contributed by atoms with Crippen LogP contribution in [0.1, 0.15) is 11.1 Å². The summed E-state index contributed by atoms with van der Waals surface area (Å²) in [7, 11) is 0. The Bertz CT molecular complexity index is 668. The highest BCUT2D eigenvalue weighted by Gasteiger charge is 2.02. The Labute approximate surface area is 137 Å². The second-order valence-electron chi connectivity index (χ2n) is 4.44. The summed E-state index contributed by atoms with van der Waals surface area (Å²) >= 11 is 9.19. The maximum Gasteiger partial charge on any atom is 0.323 e. The van der Waals surface area contributed by atoms with Crippen LogP contribution in [0.2, 0.25) is 5.02 Å². The van der Waals surface area contributed by atoms with E-state index in [1.54, 1.807) is 24.4 Å². The molecule has 2 amide bonds. The van der Waals surface area contributed by atoms with E-state index in [2.05, 4.69) is 26.6 Å². The van der Waals surface area contributed by atoms with Crippen molar-refractivity contribution in [1.29, 1.82) is 0 Å². The van der Waals surface area contributed by atoms with E-state index in [9.17, 15) is 4.79 Å². The zero-order valence-corrected chi connectivity index (χ0v) is 13.7. The van der Waals surface area contributed by atoms with Gasteiger partial charge in [0, 0.05) is 21.4 Å². The molecule has 0 aromatic heterocycles. The van der Waals surface area contributed by atoms with Crippen molar-refractivity contribution in [1.82, 2.24) is 5.32 Å². The molecule has 108 valence electrons. The van der Waals surface area contributed by atoms with Gasteiger partial charge in [-0.2, -0.15) is 0 Å². The van der Waals surface area contributed by atoms with Gasteiger partial charge in [0.25, 0.3) is 0 Å². The molecule has 2 N–H and O–H groups in total. The monoisotopic (exact) mass is 364 g/mol. The molecule has 21 heavy (non-hydrogen) atoms. The fourth-order valence-corrected chi connectivity index (χ4v) is 2.31. The van der Waals surface area contributed by atoms with Crippen molar-refractivity contribution in [3.63, 3.8) is 0 Å². The molecule has 0 aliphatic rings. The lowest BCUT2D eigenvalue weighted by atomic mass is 10.2. The molecule has 0 atom stereocenters. The van der Waals surface area contributed by atoms with Crippen molar-refractivity contribution in [2.45, 2.75) is 6.92 Å². The Morgan fingerprint density at radius 1 is 1.19 bits per heavy atom. The van der Waals surface area contributed by atoms with E-state index in [1.807, 2.05) is 37.3 Å². The van der Waals surface area contributed by atoms with Crippen LogP contribution in [-0.2, 0) is 0 Å². The molecule has 0 saturated carbocycles. The first-order chi connectivity index (χ1) is 10.0. The number of amides is 2. The summed E-state index contributed by atoms with van der Waals surface area (Å²) < 4.78 is 0.980. The van der Waals surface area contributed by atoms with Crippen LogP contribution in [0.3, 0.4) is 0 Å². The number of carbonyl (C=O) groups excluding carboxylic acids is 1. The van der Waals surface area contributed by atoms with Gasteiger partial charge >= 0.3 is 6.03 Å². The molecule has 2 aromatic rings. The normalized spacial score (nSPS) is 10.6. The minimum Gasteiger partial charge on any atom is -0.314 e. The molecule has 2 aromatic carbocycles. The topological polar surface area (TPSA) is 41.1 Å². The average Bonchev–Trinajstić information content (AvgIpc) is 2.44. The smallest absolute Gasteiger partial charge is 0.314 e. The number of hydrogen-bond donors (Lipinski definition) is 2. The van der Waals surface area contributed by atoms with E-state index < -0.39 is 0 Å². The van der Waals surface area contributed by atoms with Crippen LogP contribution in [-0.4, -0.2) is 6.03 Å². The maximum atomic E-state index is 11.8. The van der Waals surface area contributed by atoms with Gasteiger partial charge in [0.15, 0.2) is 0 Å². The summed E-state index contributed by atoms with van der Waals surface area (Å²) in [4.78, 5) is 11.8. The fraction of sp³-hybridized carbons (Fsp3) is 0.0625. The Hall–Kier alpha value is -1.78. The van der Waals surface area contributed by atoms with Crippen molar-refractivity contribution in [2.75, 3.05) is 5.32 Å². The van der Waals surface area contributed by atoms with Crippen LogP contribution in [0.4, 0.5) is 10.5 Å². The quantitative estimate of drug-likeness (QED) is 0.771. The molecule has 0 unspecified atom stereocenters. The molecule has 0 heterocycles. The van der Waals surface area contributed by atoms with Crippen LogP contribution >= 0.6 is 27.5 Å². The number of nitrogens with one attached hydrogen (secondary N) is 2. The minimum atomic E-state index is -0.286. The Kier molecular flexibility index (Phi) is 5.42. The third-order valence-electron chi connectivity index (χ3n) is 2.80. The number of anilines is 1. The molecule has 0 bridgehead atoms. The van der Waals surface area contributed by atoms with E-state index in [0.29, 0.717) is 5.02 Å². The summed E-state index contributed by atoms with van der Waals surface area (Å²) in [6, 6.07) is 12.7.